The van der Waals surface area contributed by atoms with Gasteiger partial charge in [-0.05, 0) is 120 Å². The second-order valence-corrected chi connectivity index (χ2v) is 28.4. The fraction of sp³-hybridized carbons (Fsp3) is 0.536. The maximum absolute atomic E-state index is 12.5. The lowest BCUT2D eigenvalue weighted by Gasteiger charge is -2.43. The first-order chi connectivity index (χ1) is 58.5. The molecule has 4 aliphatic rings. The van der Waals surface area contributed by atoms with E-state index in [0.29, 0.717) is 48.9 Å². The number of nitrogens with two attached hydrogens (primary N) is 2. The third kappa shape index (κ3) is 31.9. The molecule has 4 fully saturated rings. The number of rotatable bonds is 33. The van der Waals surface area contributed by atoms with E-state index in [1.807, 2.05) is 20.8 Å². The van der Waals surface area contributed by atoms with Crippen LogP contribution in [0.25, 0.3) is 0 Å². The van der Waals surface area contributed by atoms with Gasteiger partial charge in [0, 0.05) is 85.0 Å². The van der Waals surface area contributed by atoms with E-state index in [0.717, 1.165) is 27.7 Å². The summed E-state index contributed by atoms with van der Waals surface area (Å²) in [5.41, 5.74) is 13.2. The second kappa shape index (κ2) is 49.7. The number of hydrogen-bond acceptors (Lipinski definition) is 37. The Bertz CT molecular complexity index is 4260. The Morgan fingerprint density at radius 3 is 0.952 bits per heavy atom. The molecule has 0 spiro atoms. The second-order valence-electron chi connectivity index (χ2n) is 28.4. The van der Waals surface area contributed by atoms with Crippen molar-refractivity contribution in [2.75, 3.05) is 31.3 Å². The lowest BCUT2D eigenvalue weighted by Crippen LogP contribution is -2.62. The van der Waals surface area contributed by atoms with E-state index in [-0.39, 0.29) is 109 Å². The highest BCUT2D eigenvalue weighted by Crippen LogP contribution is 2.37. The zero-order valence-corrected chi connectivity index (χ0v) is 71.3. The lowest BCUT2D eigenvalue weighted by molar-refractivity contribution is -0.281. The Morgan fingerprint density at radius 2 is 0.613 bits per heavy atom. The monoisotopic (exact) mass is 1750 g/mol. The zero-order chi connectivity index (χ0) is 92.5. The van der Waals surface area contributed by atoms with Crippen LogP contribution in [0.4, 0.5) is 11.4 Å². The number of ether oxygens (including phenoxy) is 19. The summed E-state index contributed by atoms with van der Waals surface area (Å²) < 4.78 is 104. The molecule has 40 nitrogen and oxygen atoms in total. The summed E-state index contributed by atoms with van der Waals surface area (Å²) in [5, 5.41) is 38.7. The fourth-order valence-corrected chi connectivity index (χ4v) is 12.4. The Balaban J connectivity index is 0.000000295. The van der Waals surface area contributed by atoms with Crippen molar-refractivity contribution in [2.45, 2.75) is 273 Å². The van der Waals surface area contributed by atoms with Crippen molar-refractivity contribution in [3.8, 4) is 23.0 Å². The molecule has 0 radical (unpaired) electrons. The maximum Gasteiger partial charge on any atom is 0.339 e. The molecular formula is C84H108N2O38. The number of hydrogen-bond donors (Lipinski definition) is 6. The molecule has 0 saturated carbocycles. The topological polar surface area (TPSA) is 564 Å². The van der Waals surface area contributed by atoms with Crippen LogP contribution in [0, 0.1) is 13.8 Å². The van der Waals surface area contributed by atoms with Crippen LogP contribution in [0.15, 0.2) is 72.8 Å². The van der Waals surface area contributed by atoms with E-state index < -0.39 is 188 Å². The number of anilines is 2. The maximum atomic E-state index is 12.5. The van der Waals surface area contributed by atoms with E-state index in [2.05, 4.69) is 0 Å². The molecule has 40 heteroatoms. The van der Waals surface area contributed by atoms with E-state index in [1.54, 1.807) is 52.8 Å². The number of carboxylic acid groups (broad SMARTS) is 3. The van der Waals surface area contributed by atoms with Crippen LogP contribution in [0.5, 0.6) is 23.0 Å². The minimum absolute atomic E-state index is 0.0298. The molecule has 682 valence electrons. The summed E-state index contributed by atoms with van der Waals surface area (Å²) in [7, 11) is 0. The average Bonchev–Trinajstić information content (AvgIpc) is 0.771. The highest BCUT2D eigenvalue weighted by Gasteiger charge is 2.54. The molecule has 4 aliphatic heterocycles. The smallest absolute Gasteiger partial charge is 0.339 e. The molecule has 0 aliphatic carbocycles. The van der Waals surface area contributed by atoms with E-state index in [1.165, 1.54) is 75.4 Å². The molecular weight excluding hydrogens is 1640 g/mol. The molecule has 0 aromatic heterocycles. The van der Waals surface area contributed by atoms with Crippen LogP contribution in [0.3, 0.4) is 0 Å². The van der Waals surface area contributed by atoms with Gasteiger partial charge in [0.25, 0.3) is 0 Å². The van der Waals surface area contributed by atoms with Gasteiger partial charge in [0.1, 0.15) is 45.8 Å². The van der Waals surface area contributed by atoms with Crippen molar-refractivity contribution in [3.63, 3.8) is 0 Å². The van der Waals surface area contributed by atoms with Crippen LogP contribution in [0.2, 0.25) is 0 Å². The number of aliphatic hydroxyl groups is 1. The van der Waals surface area contributed by atoms with Crippen LogP contribution in [-0.4, -0.2) is 234 Å². The fourth-order valence-electron chi connectivity index (χ4n) is 12.4. The first-order valence-corrected chi connectivity index (χ1v) is 39.6. The third-order valence-corrected chi connectivity index (χ3v) is 17.7. The molecule has 4 heterocycles. The molecule has 0 bridgehead atoms. The number of carbonyl (C=O) groups excluding carboxylic acids is 12. The van der Waals surface area contributed by atoms with E-state index >= 15 is 0 Å². The Hall–Kier alpha value is -12.3. The number of aromatic carboxylic acids is 3. The number of aliphatic hydroxyl groups excluding tert-OH is 1. The first kappa shape index (κ1) is 102. The number of Topliss-reactive ketones (excluding diaryl/α,β-unsaturated/α-hetero) is 1. The van der Waals surface area contributed by atoms with Gasteiger partial charge in [-0.3, -0.25) is 57.5 Å². The normalized spacial score (nSPS) is 23.5. The quantitative estimate of drug-likeness (QED) is 0.0115. The summed E-state index contributed by atoms with van der Waals surface area (Å²) in [5.74, 6) is -11.0. The van der Waals surface area contributed by atoms with Gasteiger partial charge in [0.2, 0.25) is 49.6 Å². The van der Waals surface area contributed by atoms with Gasteiger partial charge in [0.15, 0.2) is 48.5 Å². The van der Waals surface area contributed by atoms with E-state index in [9.17, 15) is 92.3 Å². The highest BCUT2D eigenvalue weighted by atomic mass is 16.8. The van der Waals surface area contributed by atoms with Crippen LogP contribution in [0.1, 0.15) is 207 Å². The standard InChI is InChI=1S/C25H35NO10.C21H29NO8.2C19H22O10/c1-5-8-18(27)34-21-14(4)32-25(33-17-12-11-15(26)13-16(17)24(30)31)23(36-20(29)10-7-3)22(21)35-19(28)9-6-2;1-4-6-17(25)29-19-15(24)11-27-21(20(19)30-18(26)7-5-2)28-16-9-8-13(22)10-14(16)12(3)23;2*1-9-5-6-14(13(7-9)18(23)24)29-19-17(28-12(4)22)16(27-11(3)21)15(8-25-19)26-10(2)20/h11-14,21-23,25H,5-10,26H2,1-4H3,(H,30,31);8-10,15,19-21,24H,4-7,11,22H2,1-3H3;2*5-7,15-17,19H,8H2,1-4H3,(H,23,24)/t14-,21-,22+,23+,25+;15-,19+,20-,21+;15-,16+,17-,19+;15-,16-,17-,19-/m0111/s1. The lowest BCUT2D eigenvalue weighted by atomic mass is 9.98. The highest BCUT2D eigenvalue weighted by molar-refractivity contribution is 5.98. The molecule has 8 N–H and O–H groups in total. The van der Waals surface area contributed by atoms with Gasteiger partial charge in [0.05, 0.1) is 31.5 Å². The zero-order valence-electron chi connectivity index (χ0n) is 71.3. The van der Waals surface area contributed by atoms with Gasteiger partial charge >= 0.3 is 83.6 Å². The Morgan fingerprint density at radius 1 is 0.339 bits per heavy atom. The number of nitrogen functional groups attached to an aromatic ring is 2. The number of aryl methyl sites for hydroxylation is 2. The van der Waals surface area contributed by atoms with Crippen molar-refractivity contribution in [1.29, 1.82) is 0 Å². The number of ketones is 1. The summed E-state index contributed by atoms with van der Waals surface area (Å²) in [4.78, 5) is 177. The van der Waals surface area contributed by atoms with Gasteiger partial charge in [-0.1, -0.05) is 57.9 Å². The van der Waals surface area contributed by atoms with Crippen LogP contribution < -0.4 is 30.4 Å². The van der Waals surface area contributed by atoms with Crippen molar-refractivity contribution < 1.29 is 182 Å². The van der Waals surface area contributed by atoms with Gasteiger partial charge < -0.3 is 122 Å². The molecule has 0 amide bonds. The largest absolute Gasteiger partial charge is 0.478 e. The van der Waals surface area contributed by atoms with Crippen LogP contribution in [-0.2, 0) is 124 Å². The average molecular weight is 1750 g/mol. The van der Waals surface area contributed by atoms with Crippen molar-refractivity contribution >= 4 is 101 Å². The molecule has 124 heavy (non-hydrogen) atoms. The third-order valence-electron chi connectivity index (χ3n) is 17.7. The van der Waals surface area contributed by atoms with Gasteiger partial charge in [-0.2, -0.15) is 0 Å². The van der Waals surface area contributed by atoms with Gasteiger partial charge in [-0.25, -0.2) is 14.4 Å². The Labute approximate surface area is 713 Å². The van der Waals surface area contributed by atoms with E-state index in [4.69, 9.17) is 101 Å². The molecule has 4 saturated heterocycles. The summed E-state index contributed by atoms with van der Waals surface area (Å²) in [6.45, 7) is 21.6. The van der Waals surface area contributed by atoms with Crippen molar-refractivity contribution in [1.82, 2.24) is 0 Å². The first-order valence-electron chi connectivity index (χ1n) is 39.6. The number of carboxylic acids is 3. The molecule has 8 rings (SSSR count). The summed E-state index contributed by atoms with van der Waals surface area (Å²) >= 11 is 0. The molecule has 0 unspecified atom stereocenters. The molecule has 4 aromatic carbocycles. The summed E-state index contributed by atoms with van der Waals surface area (Å²) in [6.07, 6.45) is -17.2. The summed E-state index contributed by atoms with van der Waals surface area (Å²) in [6, 6.07) is 17.5. The Kier molecular flexibility index (Phi) is 41.0. The number of esters is 11. The minimum Gasteiger partial charge on any atom is -0.478 e. The number of carbonyl (C=O) groups is 15. The number of benzene rings is 4. The van der Waals surface area contributed by atoms with Crippen molar-refractivity contribution in [2.24, 2.45) is 0 Å². The van der Waals surface area contributed by atoms with Crippen LogP contribution >= 0.6 is 0 Å². The minimum atomic E-state index is -1.37. The predicted molar refractivity (Wildman–Crippen MR) is 424 cm³/mol. The van der Waals surface area contributed by atoms with Gasteiger partial charge in [-0.15, -0.1) is 0 Å². The SMILES string of the molecule is CC(=O)O[C@@H]1[C@@H](OC(C)=O)[C@H](Oc2ccc(C)cc2C(=O)O)OC[C@H]1OC(C)=O.CC(=O)O[C@H]1[C@@H](Oc2ccc(C)cc2C(=O)O)OC[C@@H](OC(C)=O)[C@H]1OC(C)=O.CCCC(=O)O[C@@H]1[C@@H](OC(=O)CCC)[C@H](C)O[C@H](Oc2ccc(N)cc2C(=O)O)[C@@H]1OC(=O)CCC.CCCC(=O)O[C@@H]1[C@@H](OC(=O)CCC)[C@H](Oc2ccc(N)cc2C(C)=O)OC[C@H]1O. The molecule has 4 aromatic rings. The predicted octanol–water partition coefficient (Wildman–Crippen LogP) is 7.66. The van der Waals surface area contributed by atoms with Crippen molar-refractivity contribution in [3.05, 3.63) is 106 Å². The molecule has 17 atom stereocenters.